The van der Waals surface area contributed by atoms with Gasteiger partial charge in [-0.25, -0.2) is 13.6 Å². The molecule has 118 valence electrons. The van der Waals surface area contributed by atoms with E-state index in [-0.39, 0.29) is 21.0 Å². The first-order chi connectivity index (χ1) is 9.81. The zero-order valence-corrected chi connectivity index (χ0v) is 14.1. The third-order valence-electron chi connectivity index (χ3n) is 3.90. The van der Waals surface area contributed by atoms with Crippen LogP contribution in [0.2, 0.25) is 10.0 Å². The van der Waals surface area contributed by atoms with Crippen molar-refractivity contribution in [1.82, 2.24) is 0 Å². The number of benzene rings is 1. The molecule has 1 aromatic rings. The molecule has 1 saturated carbocycles. The van der Waals surface area contributed by atoms with Crippen molar-refractivity contribution in [3.8, 4) is 5.75 Å². The van der Waals surface area contributed by atoms with Crippen molar-refractivity contribution in [3.05, 3.63) is 22.2 Å². The molecule has 2 N–H and O–H groups in total. The molecule has 0 radical (unpaired) electrons. The zero-order valence-electron chi connectivity index (χ0n) is 11.8. The molecule has 1 aromatic carbocycles. The van der Waals surface area contributed by atoms with Crippen molar-refractivity contribution in [1.29, 1.82) is 0 Å². The monoisotopic (exact) mass is 351 g/mol. The fraction of sp³-hybridized carbons (Fsp3) is 0.571. The van der Waals surface area contributed by atoms with Gasteiger partial charge in [-0.3, -0.25) is 0 Å². The number of primary sulfonamides is 1. The quantitative estimate of drug-likeness (QED) is 0.891. The van der Waals surface area contributed by atoms with Crippen molar-refractivity contribution in [2.75, 3.05) is 0 Å². The summed E-state index contributed by atoms with van der Waals surface area (Å²) in [5, 5.41) is 5.32. The first-order valence-electron chi connectivity index (χ1n) is 6.99. The van der Waals surface area contributed by atoms with E-state index >= 15 is 0 Å². The van der Waals surface area contributed by atoms with Crippen LogP contribution in [0.25, 0.3) is 0 Å². The molecule has 0 heterocycles. The normalized spacial score (nSPS) is 23.0. The minimum absolute atomic E-state index is 0.0275. The summed E-state index contributed by atoms with van der Waals surface area (Å²) >= 11 is 12.1. The summed E-state index contributed by atoms with van der Waals surface area (Å²) in [6.45, 7) is 2.18. The second-order valence-electron chi connectivity index (χ2n) is 5.44. The van der Waals surface area contributed by atoms with E-state index in [4.69, 9.17) is 33.1 Å². The topological polar surface area (TPSA) is 69.4 Å². The lowest BCUT2D eigenvalue weighted by Crippen LogP contribution is -2.25. The molecule has 1 fully saturated rings. The smallest absolute Gasteiger partial charge is 0.239 e. The van der Waals surface area contributed by atoms with E-state index < -0.39 is 10.0 Å². The molecule has 0 aliphatic heterocycles. The number of hydrogen-bond acceptors (Lipinski definition) is 3. The molecule has 2 atom stereocenters. The minimum Gasteiger partial charge on any atom is -0.489 e. The Morgan fingerprint density at radius 2 is 2.00 bits per heavy atom. The maximum absolute atomic E-state index is 11.4. The second-order valence-corrected chi connectivity index (χ2v) is 7.78. The molecular formula is C14H19Cl2NO3S. The first kappa shape index (κ1) is 16.9. The van der Waals surface area contributed by atoms with Crippen molar-refractivity contribution in [3.63, 3.8) is 0 Å². The van der Waals surface area contributed by atoms with Crippen LogP contribution in [-0.4, -0.2) is 14.5 Å². The summed E-state index contributed by atoms with van der Waals surface area (Å²) in [5.41, 5.74) is 0. The van der Waals surface area contributed by atoms with E-state index in [1.807, 2.05) is 0 Å². The first-order valence-corrected chi connectivity index (χ1v) is 9.30. The molecule has 1 aliphatic carbocycles. The largest absolute Gasteiger partial charge is 0.489 e. The number of rotatable bonds is 4. The van der Waals surface area contributed by atoms with Gasteiger partial charge in [0.1, 0.15) is 10.6 Å². The molecular weight excluding hydrogens is 333 g/mol. The zero-order chi connectivity index (χ0) is 15.6. The number of halogens is 2. The van der Waals surface area contributed by atoms with E-state index in [1.165, 1.54) is 18.6 Å². The highest BCUT2D eigenvalue weighted by molar-refractivity contribution is 7.89. The summed E-state index contributed by atoms with van der Waals surface area (Å²) in [6.07, 6.45) is 5.55. The molecule has 2 unspecified atom stereocenters. The van der Waals surface area contributed by atoms with Crippen molar-refractivity contribution in [2.45, 2.75) is 50.0 Å². The Hall–Kier alpha value is -0.490. The summed E-state index contributed by atoms with van der Waals surface area (Å²) in [4.78, 5) is -0.184. The average Bonchev–Trinajstić information content (AvgIpc) is 2.41. The van der Waals surface area contributed by atoms with E-state index in [2.05, 4.69) is 6.92 Å². The van der Waals surface area contributed by atoms with E-state index in [1.54, 1.807) is 0 Å². The Morgan fingerprint density at radius 3 is 2.62 bits per heavy atom. The highest BCUT2D eigenvalue weighted by atomic mass is 35.5. The standard InChI is InChI=1S/C14H19Cl2NO3S/c1-2-9-4-3-5-10(6-9)20-13-7-12(16)14(8-11(13)15)21(17,18)19/h7-10H,2-6H2,1H3,(H2,17,18,19). The molecule has 2 rings (SSSR count). The predicted octanol–water partition coefficient (Wildman–Crippen LogP) is 3.99. The van der Waals surface area contributed by atoms with Crippen LogP contribution in [0.5, 0.6) is 5.75 Å². The minimum atomic E-state index is -3.89. The van der Waals surface area contributed by atoms with Gasteiger partial charge in [0.15, 0.2) is 0 Å². The van der Waals surface area contributed by atoms with E-state index in [0.29, 0.717) is 11.7 Å². The van der Waals surface area contributed by atoms with Crippen LogP contribution in [-0.2, 0) is 10.0 Å². The van der Waals surface area contributed by atoms with Gasteiger partial charge in [0.05, 0.1) is 16.1 Å². The summed E-state index contributed by atoms with van der Waals surface area (Å²) in [7, 11) is -3.89. The summed E-state index contributed by atoms with van der Waals surface area (Å²) in [5.74, 6) is 1.08. The third-order valence-corrected chi connectivity index (χ3v) is 5.57. The van der Waals surface area contributed by atoms with Gasteiger partial charge in [-0.1, -0.05) is 43.0 Å². The Balaban J connectivity index is 2.20. The van der Waals surface area contributed by atoms with Gasteiger partial charge < -0.3 is 4.74 Å². The van der Waals surface area contributed by atoms with Crippen molar-refractivity contribution in [2.24, 2.45) is 11.1 Å². The molecule has 21 heavy (non-hydrogen) atoms. The van der Waals surface area contributed by atoms with Gasteiger partial charge in [0.2, 0.25) is 10.0 Å². The number of ether oxygens (including phenoxy) is 1. The fourth-order valence-electron chi connectivity index (χ4n) is 2.72. The van der Waals surface area contributed by atoms with Crippen LogP contribution in [0, 0.1) is 5.92 Å². The Bertz CT molecular complexity index is 619. The van der Waals surface area contributed by atoms with Gasteiger partial charge >= 0.3 is 0 Å². The van der Waals surface area contributed by atoms with Gasteiger partial charge in [-0.05, 0) is 31.2 Å². The van der Waals surface area contributed by atoms with Gasteiger partial charge in [-0.2, -0.15) is 0 Å². The Labute approximate surface area is 135 Å². The van der Waals surface area contributed by atoms with Crippen LogP contribution in [0.3, 0.4) is 0 Å². The predicted molar refractivity (Wildman–Crippen MR) is 84.5 cm³/mol. The van der Waals surface area contributed by atoms with Crippen LogP contribution >= 0.6 is 23.2 Å². The Morgan fingerprint density at radius 1 is 1.29 bits per heavy atom. The highest BCUT2D eigenvalue weighted by Crippen LogP contribution is 2.36. The molecule has 0 saturated heterocycles. The van der Waals surface area contributed by atoms with Crippen LogP contribution in [0.4, 0.5) is 0 Å². The molecule has 0 aromatic heterocycles. The van der Waals surface area contributed by atoms with Gasteiger partial charge in [-0.15, -0.1) is 0 Å². The second kappa shape index (κ2) is 6.73. The summed E-state index contributed by atoms with van der Waals surface area (Å²) < 4.78 is 28.7. The molecule has 0 spiro atoms. The molecule has 4 nitrogen and oxygen atoms in total. The molecule has 1 aliphatic rings. The number of nitrogens with two attached hydrogens (primary N) is 1. The van der Waals surface area contributed by atoms with E-state index in [9.17, 15) is 8.42 Å². The highest BCUT2D eigenvalue weighted by Gasteiger charge is 2.24. The van der Waals surface area contributed by atoms with Crippen LogP contribution < -0.4 is 9.88 Å². The summed E-state index contributed by atoms with van der Waals surface area (Å²) in [6, 6.07) is 2.67. The maximum Gasteiger partial charge on any atom is 0.239 e. The van der Waals surface area contributed by atoms with Crippen molar-refractivity contribution >= 4 is 33.2 Å². The van der Waals surface area contributed by atoms with Gasteiger partial charge in [0, 0.05) is 6.07 Å². The number of sulfonamides is 1. The lowest BCUT2D eigenvalue weighted by atomic mass is 9.85. The molecule has 0 amide bonds. The van der Waals surface area contributed by atoms with Crippen molar-refractivity contribution < 1.29 is 13.2 Å². The SMILES string of the molecule is CCC1CCCC(Oc2cc(Cl)c(S(N)(=O)=O)cc2Cl)C1. The van der Waals surface area contributed by atoms with Crippen LogP contribution in [0.1, 0.15) is 39.0 Å². The van der Waals surface area contributed by atoms with Gasteiger partial charge in [0.25, 0.3) is 0 Å². The lowest BCUT2D eigenvalue weighted by molar-refractivity contribution is 0.122. The fourth-order valence-corrected chi connectivity index (χ4v) is 4.08. The number of hydrogen-bond donors (Lipinski definition) is 1. The lowest BCUT2D eigenvalue weighted by Gasteiger charge is -2.29. The van der Waals surface area contributed by atoms with E-state index in [0.717, 1.165) is 25.7 Å². The Kier molecular flexibility index (Phi) is 5.41. The third kappa shape index (κ3) is 4.25. The van der Waals surface area contributed by atoms with Crippen LogP contribution in [0.15, 0.2) is 17.0 Å². The average molecular weight is 352 g/mol. The molecule has 7 heteroatoms. The maximum atomic E-state index is 11.4. The molecule has 0 bridgehead atoms.